The van der Waals surface area contributed by atoms with E-state index in [1.54, 1.807) is 6.92 Å². The summed E-state index contributed by atoms with van der Waals surface area (Å²) in [5.74, 6) is -0.645. The zero-order valence-corrected chi connectivity index (χ0v) is 14.0. The number of carbonyl (C=O) groups is 1. The molecule has 23 heavy (non-hydrogen) atoms. The van der Waals surface area contributed by atoms with Crippen LogP contribution in [0.1, 0.15) is 18.1 Å². The number of aromatic nitrogens is 1. The highest BCUT2D eigenvalue weighted by molar-refractivity contribution is 7.14. The van der Waals surface area contributed by atoms with Gasteiger partial charge in [-0.15, -0.1) is 11.3 Å². The van der Waals surface area contributed by atoms with Gasteiger partial charge in [-0.05, 0) is 32.4 Å². The summed E-state index contributed by atoms with van der Waals surface area (Å²) in [5, 5.41) is 14.4. The van der Waals surface area contributed by atoms with Gasteiger partial charge < -0.3 is 10.1 Å². The van der Waals surface area contributed by atoms with Crippen molar-refractivity contribution in [3.63, 3.8) is 0 Å². The molecule has 6 heteroatoms. The fraction of sp³-hybridized carbons (Fsp3) is 0.235. The average molecular weight is 327 g/mol. The number of hydrogen-bond acceptors (Lipinski definition) is 6. The molecular formula is C17H17N3O2S. The van der Waals surface area contributed by atoms with Gasteiger partial charge in [-0.3, -0.25) is 0 Å². The Kier molecular flexibility index (Phi) is 5.50. The predicted molar refractivity (Wildman–Crippen MR) is 91.0 cm³/mol. The largest absolute Gasteiger partial charge is 0.462 e. The van der Waals surface area contributed by atoms with E-state index < -0.39 is 5.97 Å². The maximum Gasteiger partial charge on any atom is 0.350 e. The summed E-state index contributed by atoms with van der Waals surface area (Å²) in [6.07, 6.45) is 1.32. The molecule has 0 spiro atoms. The third-order valence-corrected chi connectivity index (χ3v) is 3.90. The number of ether oxygens (including phenoxy) is 1. The minimum Gasteiger partial charge on any atom is -0.462 e. The number of anilines is 1. The molecule has 5 nitrogen and oxygen atoms in total. The van der Waals surface area contributed by atoms with Gasteiger partial charge >= 0.3 is 5.97 Å². The van der Waals surface area contributed by atoms with Gasteiger partial charge in [0.2, 0.25) is 0 Å². The number of thiazole rings is 1. The van der Waals surface area contributed by atoms with Crippen molar-refractivity contribution in [2.45, 2.75) is 20.8 Å². The second-order valence-corrected chi connectivity index (χ2v) is 5.75. The van der Waals surface area contributed by atoms with Gasteiger partial charge in [0.05, 0.1) is 12.3 Å². The second-order valence-electron chi connectivity index (χ2n) is 4.89. The second kappa shape index (κ2) is 7.56. The molecule has 1 aromatic carbocycles. The van der Waals surface area contributed by atoms with E-state index in [1.807, 2.05) is 25.3 Å². The van der Waals surface area contributed by atoms with Crippen molar-refractivity contribution in [1.82, 2.24) is 4.98 Å². The molecule has 1 N–H and O–H groups in total. The van der Waals surface area contributed by atoms with Crippen molar-refractivity contribution in [3.8, 4) is 17.3 Å². The van der Waals surface area contributed by atoms with E-state index >= 15 is 0 Å². The molecule has 1 heterocycles. The normalized spacial score (nSPS) is 11.0. The number of nitriles is 1. The van der Waals surface area contributed by atoms with Gasteiger partial charge in [0, 0.05) is 17.1 Å². The van der Waals surface area contributed by atoms with E-state index in [0.717, 1.165) is 16.8 Å². The number of benzene rings is 1. The van der Waals surface area contributed by atoms with Crippen LogP contribution in [0.15, 0.2) is 35.4 Å². The molecule has 0 fully saturated rings. The van der Waals surface area contributed by atoms with Crippen LogP contribution < -0.4 is 5.32 Å². The number of esters is 1. The molecule has 0 aliphatic heterocycles. The number of nitrogens with one attached hydrogen (secondary N) is 1. The molecule has 0 aliphatic carbocycles. The van der Waals surface area contributed by atoms with Crippen molar-refractivity contribution < 1.29 is 9.53 Å². The van der Waals surface area contributed by atoms with Crippen LogP contribution in [0.3, 0.4) is 0 Å². The Labute approximate surface area is 139 Å². The molecule has 0 bridgehead atoms. The van der Waals surface area contributed by atoms with Gasteiger partial charge in [-0.1, -0.05) is 17.7 Å². The molecule has 118 valence electrons. The summed E-state index contributed by atoms with van der Waals surface area (Å²) < 4.78 is 4.80. The molecule has 0 amide bonds. The Morgan fingerprint density at radius 2 is 2.26 bits per heavy atom. The monoisotopic (exact) mass is 327 g/mol. The highest BCUT2D eigenvalue weighted by Gasteiger charge is 2.11. The predicted octanol–water partition coefficient (Wildman–Crippen LogP) is 3.81. The smallest absolute Gasteiger partial charge is 0.350 e. The van der Waals surface area contributed by atoms with Crippen molar-refractivity contribution in [2.24, 2.45) is 0 Å². The number of rotatable bonds is 5. The van der Waals surface area contributed by atoms with Crippen LogP contribution in [0, 0.1) is 25.2 Å². The molecule has 0 unspecified atom stereocenters. The third kappa shape index (κ3) is 4.18. The van der Waals surface area contributed by atoms with Crippen LogP contribution in [0.25, 0.3) is 11.3 Å². The van der Waals surface area contributed by atoms with E-state index in [9.17, 15) is 4.79 Å². The van der Waals surface area contributed by atoms with E-state index in [4.69, 9.17) is 10.00 Å². The molecule has 0 atom stereocenters. The fourth-order valence-corrected chi connectivity index (χ4v) is 2.64. The molecular weight excluding hydrogens is 310 g/mol. The van der Waals surface area contributed by atoms with E-state index in [2.05, 4.69) is 28.5 Å². The average Bonchev–Trinajstić information content (AvgIpc) is 2.99. The number of hydrogen-bond donors (Lipinski definition) is 1. The van der Waals surface area contributed by atoms with Crippen molar-refractivity contribution in [1.29, 1.82) is 5.26 Å². The Balaban J connectivity index is 2.18. The van der Waals surface area contributed by atoms with Gasteiger partial charge in [0.15, 0.2) is 10.7 Å². The van der Waals surface area contributed by atoms with E-state index in [0.29, 0.717) is 5.13 Å². The Bertz CT molecular complexity index is 787. The zero-order chi connectivity index (χ0) is 16.8. The maximum absolute atomic E-state index is 11.5. The SMILES string of the molecule is CCOC(=O)/C(C#N)=C/Nc1nc(-c2cc(C)ccc2C)cs1. The Hall–Kier alpha value is -2.65. The number of carbonyl (C=O) groups excluding carboxylic acids is 1. The molecule has 0 saturated carbocycles. The first-order chi connectivity index (χ1) is 11.0. The summed E-state index contributed by atoms with van der Waals surface area (Å²) >= 11 is 1.41. The minimum absolute atomic E-state index is 0.0877. The number of aryl methyl sites for hydroxylation is 2. The Morgan fingerprint density at radius 3 is 2.96 bits per heavy atom. The zero-order valence-electron chi connectivity index (χ0n) is 13.2. The van der Waals surface area contributed by atoms with Gasteiger partial charge in [-0.2, -0.15) is 5.26 Å². The first-order valence-electron chi connectivity index (χ1n) is 7.12. The van der Waals surface area contributed by atoms with Gasteiger partial charge in [-0.25, -0.2) is 9.78 Å². The lowest BCUT2D eigenvalue weighted by Gasteiger charge is -2.03. The Morgan fingerprint density at radius 1 is 1.48 bits per heavy atom. The van der Waals surface area contributed by atoms with Crippen LogP contribution in [0.5, 0.6) is 0 Å². The van der Waals surface area contributed by atoms with Crippen LogP contribution >= 0.6 is 11.3 Å². The maximum atomic E-state index is 11.5. The fourth-order valence-electron chi connectivity index (χ4n) is 1.96. The summed E-state index contributed by atoms with van der Waals surface area (Å²) in [4.78, 5) is 16.0. The van der Waals surface area contributed by atoms with Crippen LogP contribution in [0.2, 0.25) is 0 Å². The summed E-state index contributed by atoms with van der Waals surface area (Å²) in [7, 11) is 0. The van der Waals surface area contributed by atoms with E-state index in [-0.39, 0.29) is 12.2 Å². The standard InChI is InChI=1S/C17H17N3O2S/c1-4-22-16(21)13(8-18)9-19-17-20-15(10-23-17)14-7-11(2)5-6-12(14)3/h5-7,9-10H,4H2,1-3H3,(H,19,20)/b13-9+. The summed E-state index contributed by atoms with van der Waals surface area (Å²) in [5.41, 5.74) is 4.16. The lowest BCUT2D eigenvalue weighted by molar-refractivity contribution is -0.138. The third-order valence-electron chi connectivity index (χ3n) is 3.13. The summed E-state index contributed by atoms with van der Waals surface area (Å²) in [6.45, 7) is 5.99. The topological polar surface area (TPSA) is 75.0 Å². The number of nitrogens with zero attached hydrogens (tertiary/aromatic N) is 2. The minimum atomic E-state index is -0.645. The molecule has 2 rings (SSSR count). The lowest BCUT2D eigenvalue weighted by Crippen LogP contribution is -2.07. The van der Waals surface area contributed by atoms with Gasteiger partial charge in [0.25, 0.3) is 0 Å². The lowest BCUT2D eigenvalue weighted by atomic mass is 10.0. The van der Waals surface area contributed by atoms with Crippen LogP contribution in [0.4, 0.5) is 5.13 Å². The highest BCUT2D eigenvalue weighted by Crippen LogP contribution is 2.28. The van der Waals surface area contributed by atoms with Crippen molar-refractivity contribution in [2.75, 3.05) is 11.9 Å². The van der Waals surface area contributed by atoms with Crippen LogP contribution in [-0.2, 0) is 9.53 Å². The molecule has 0 radical (unpaired) electrons. The van der Waals surface area contributed by atoms with Crippen molar-refractivity contribution in [3.05, 3.63) is 46.5 Å². The quantitative estimate of drug-likeness (QED) is 0.513. The molecule has 0 saturated heterocycles. The first kappa shape index (κ1) is 16.7. The summed E-state index contributed by atoms with van der Waals surface area (Å²) in [6, 6.07) is 8.02. The van der Waals surface area contributed by atoms with E-state index in [1.165, 1.54) is 23.1 Å². The molecule has 1 aromatic heterocycles. The van der Waals surface area contributed by atoms with Crippen LogP contribution in [-0.4, -0.2) is 17.6 Å². The highest BCUT2D eigenvalue weighted by atomic mass is 32.1. The molecule has 2 aromatic rings. The van der Waals surface area contributed by atoms with Gasteiger partial charge in [0.1, 0.15) is 6.07 Å². The molecule has 0 aliphatic rings. The van der Waals surface area contributed by atoms with Crippen molar-refractivity contribution >= 4 is 22.4 Å². The first-order valence-corrected chi connectivity index (χ1v) is 8.00.